The summed E-state index contributed by atoms with van der Waals surface area (Å²) in [5.41, 5.74) is 1.40. The second-order valence-corrected chi connectivity index (χ2v) is 5.35. The molecule has 0 radical (unpaired) electrons. The van der Waals surface area contributed by atoms with E-state index in [0.717, 1.165) is 10.5 Å². The molecule has 1 N–H and O–H groups in total. The number of halogens is 1. The van der Waals surface area contributed by atoms with Gasteiger partial charge in [0.2, 0.25) is 0 Å². The second-order valence-electron chi connectivity index (χ2n) is 4.94. The van der Waals surface area contributed by atoms with Crippen LogP contribution in [0.2, 0.25) is 5.02 Å². The summed E-state index contributed by atoms with van der Waals surface area (Å²) >= 11 is 5.95. The Morgan fingerprint density at radius 1 is 1.05 bits per heavy atom. The molecule has 0 atom stereocenters. The van der Waals surface area contributed by atoms with Crippen LogP contribution in [0.3, 0.4) is 0 Å². The van der Waals surface area contributed by atoms with Crippen LogP contribution in [0.15, 0.2) is 36.4 Å². The lowest BCUT2D eigenvalue weighted by Crippen LogP contribution is -2.29. The largest absolute Gasteiger partial charge is 0.478 e. The molecule has 0 fully saturated rings. The average molecular weight is 316 g/mol. The normalized spacial score (nSPS) is 13.5. The van der Waals surface area contributed by atoms with E-state index in [1.807, 2.05) is 0 Å². The highest BCUT2D eigenvalue weighted by molar-refractivity contribution is 6.35. The van der Waals surface area contributed by atoms with Gasteiger partial charge in [-0.15, -0.1) is 0 Å². The van der Waals surface area contributed by atoms with Crippen molar-refractivity contribution < 1.29 is 19.5 Å². The predicted molar refractivity (Wildman–Crippen MR) is 80.7 cm³/mol. The Balaban J connectivity index is 2.09. The standard InChI is InChI=1S/C16H10ClNO4/c1-8-6-10(3-5-13(8)17)18-14(19)11-4-2-9(16(21)22)7-12(11)15(18)20/h2-7H,1H3,(H,21,22). The monoisotopic (exact) mass is 315 g/mol. The zero-order chi connectivity index (χ0) is 16.0. The van der Waals surface area contributed by atoms with Crippen LogP contribution in [0.5, 0.6) is 0 Å². The van der Waals surface area contributed by atoms with Gasteiger partial charge in [-0.05, 0) is 48.9 Å². The van der Waals surface area contributed by atoms with E-state index in [1.54, 1.807) is 25.1 Å². The van der Waals surface area contributed by atoms with Crippen molar-refractivity contribution in [3.05, 3.63) is 63.7 Å². The van der Waals surface area contributed by atoms with E-state index in [2.05, 4.69) is 0 Å². The van der Waals surface area contributed by atoms with Gasteiger partial charge in [0.15, 0.2) is 0 Å². The number of carboxylic acids is 1. The summed E-state index contributed by atoms with van der Waals surface area (Å²) in [6.45, 7) is 1.77. The molecular formula is C16H10ClNO4. The van der Waals surface area contributed by atoms with E-state index in [9.17, 15) is 14.4 Å². The fraction of sp³-hybridized carbons (Fsp3) is 0.0625. The SMILES string of the molecule is Cc1cc(N2C(=O)c3ccc(C(=O)O)cc3C2=O)ccc1Cl. The molecule has 1 aliphatic rings. The third-order valence-electron chi connectivity index (χ3n) is 3.53. The van der Waals surface area contributed by atoms with E-state index in [4.69, 9.17) is 16.7 Å². The Labute approximate surface area is 130 Å². The van der Waals surface area contributed by atoms with Crippen LogP contribution in [0.4, 0.5) is 5.69 Å². The van der Waals surface area contributed by atoms with E-state index in [0.29, 0.717) is 10.7 Å². The van der Waals surface area contributed by atoms with Crippen molar-refractivity contribution in [1.29, 1.82) is 0 Å². The molecule has 0 aliphatic carbocycles. The first-order valence-electron chi connectivity index (χ1n) is 6.42. The summed E-state index contributed by atoms with van der Waals surface area (Å²) < 4.78 is 0. The maximum absolute atomic E-state index is 12.5. The topological polar surface area (TPSA) is 74.7 Å². The molecule has 1 aliphatic heterocycles. The number of nitrogens with zero attached hydrogens (tertiary/aromatic N) is 1. The fourth-order valence-corrected chi connectivity index (χ4v) is 2.49. The number of benzene rings is 2. The second kappa shape index (κ2) is 4.96. The van der Waals surface area contributed by atoms with Crippen molar-refractivity contribution in [2.75, 3.05) is 4.90 Å². The molecule has 5 nitrogen and oxygen atoms in total. The summed E-state index contributed by atoms with van der Waals surface area (Å²) in [5.74, 6) is -2.16. The Morgan fingerprint density at radius 3 is 2.36 bits per heavy atom. The van der Waals surface area contributed by atoms with Gasteiger partial charge >= 0.3 is 5.97 Å². The number of fused-ring (bicyclic) bond motifs is 1. The lowest BCUT2D eigenvalue weighted by atomic mass is 10.1. The van der Waals surface area contributed by atoms with E-state index >= 15 is 0 Å². The zero-order valence-corrected chi connectivity index (χ0v) is 12.2. The van der Waals surface area contributed by atoms with Crippen molar-refractivity contribution in [1.82, 2.24) is 0 Å². The van der Waals surface area contributed by atoms with E-state index in [1.165, 1.54) is 18.2 Å². The molecule has 0 saturated carbocycles. The zero-order valence-electron chi connectivity index (χ0n) is 11.5. The van der Waals surface area contributed by atoms with Gasteiger partial charge in [0.25, 0.3) is 11.8 Å². The molecule has 0 aromatic heterocycles. The molecule has 2 amide bonds. The number of amides is 2. The van der Waals surface area contributed by atoms with Gasteiger partial charge in [0.05, 0.1) is 22.4 Å². The van der Waals surface area contributed by atoms with Gasteiger partial charge in [-0.1, -0.05) is 11.6 Å². The summed E-state index contributed by atoms with van der Waals surface area (Å²) in [7, 11) is 0. The Kier molecular flexibility index (Phi) is 3.22. The van der Waals surface area contributed by atoms with Crippen LogP contribution in [0.1, 0.15) is 36.6 Å². The van der Waals surface area contributed by atoms with Crippen LogP contribution in [-0.2, 0) is 0 Å². The molecule has 2 aromatic rings. The fourth-order valence-electron chi connectivity index (χ4n) is 2.38. The van der Waals surface area contributed by atoms with Crippen LogP contribution < -0.4 is 4.90 Å². The summed E-state index contributed by atoms with van der Waals surface area (Å²) in [6, 6.07) is 8.72. The van der Waals surface area contributed by atoms with Crippen molar-refractivity contribution in [2.45, 2.75) is 6.92 Å². The van der Waals surface area contributed by atoms with Crippen molar-refractivity contribution in [3.63, 3.8) is 0 Å². The van der Waals surface area contributed by atoms with E-state index in [-0.39, 0.29) is 16.7 Å². The summed E-state index contributed by atoms with van der Waals surface area (Å²) in [5, 5.41) is 9.53. The predicted octanol–water partition coefficient (Wildman–Crippen LogP) is 3.15. The van der Waals surface area contributed by atoms with E-state index < -0.39 is 17.8 Å². The number of rotatable bonds is 2. The first kappa shape index (κ1) is 14.3. The lowest BCUT2D eigenvalue weighted by molar-refractivity contribution is 0.0696. The van der Waals surface area contributed by atoms with Crippen LogP contribution in [0, 0.1) is 6.92 Å². The highest BCUT2D eigenvalue weighted by Crippen LogP contribution is 2.31. The third-order valence-corrected chi connectivity index (χ3v) is 3.96. The maximum atomic E-state index is 12.5. The molecule has 22 heavy (non-hydrogen) atoms. The van der Waals surface area contributed by atoms with Gasteiger partial charge in [-0.25, -0.2) is 9.69 Å². The molecule has 3 rings (SSSR count). The first-order valence-corrected chi connectivity index (χ1v) is 6.80. The molecular weight excluding hydrogens is 306 g/mol. The quantitative estimate of drug-likeness (QED) is 0.864. The molecule has 110 valence electrons. The van der Waals surface area contributed by atoms with Crippen LogP contribution in [0.25, 0.3) is 0 Å². The minimum Gasteiger partial charge on any atom is -0.478 e. The van der Waals surface area contributed by atoms with Crippen LogP contribution in [-0.4, -0.2) is 22.9 Å². The number of hydrogen-bond donors (Lipinski definition) is 1. The molecule has 0 spiro atoms. The number of carbonyl (C=O) groups excluding carboxylic acids is 2. The molecule has 2 aromatic carbocycles. The maximum Gasteiger partial charge on any atom is 0.335 e. The minimum atomic E-state index is -1.15. The smallest absolute Gasteiger partial charge is 0.335 e. The number of anilines is 1. The van der Waals surface area contributed by atoms with Crippen LogP contribution >= 0.6 is 11.6 Å². The molecule has 0 unspecified atom stereocenters. The number of aryl methyl sites for hydroxylation is 1. The highest BCUT2D eigenvalue weighted by Gasteiger charge is 2.37. The average Bonchev–Trinajstić information content (AvgIpc) is 2.73. The summed E-state index contributed by atoms with van der Waals surface area (Å²) in [6.07, 6.45) is 0. The number of aromatic carboxylic acids is 1. The highest BCUT2D eigenvalue weighted by atomic mass is 35.5. The Hall–Kier alpha value is -2.66. The van der Waals surface area contributed by atoms with Gasteiger partial charge in [-0.3, -0.25) is 9.59 Å². The lowest BCUT2D eigenvalue weighted by Gasteiger charge is -2.14. The molecule has 0 saturated heterocycles. The van der Waals surface area contributed by atoms with Crippen molar-refractivity contribution in [2.24, 2.45) is 0 Å². The number of hydrogen-bond acceptors (Lipinski definition) is 3. The minimum absolute atomic E-state index is 0.0333. The van der Waals surface area contributed by atoms with Gasteiger partial charge < -0.3 is 5.11 Å². The first-order chi connectivity index (χ1) is 10.4. The Morgan fingerprint density at radius 2 is 1.73 bits per heavy atom. The molecule has 1 heterocycles. The molecule has 0 bridgehead atoms. The summed E-state index contributed by atoms with van der Waals surface area (Å²) in [4.78, 5) is 36.9. The van der Waals surface area contributed by atoms with Gasteiger partial charge in [-0.2, -0.15) is 0 Å². The van der Waals surface area contributed by atoms with Crippen molar-refractivity contribution >= 4 is 35.1 Å². The third kappa shape index (κ3) is 2.07. The molecule has 6 heteroatoms. The van der Waals surface area contributed by atoms with Gasteiger partial charge in [0, 0.05) is 5.02 Å². The number of imide groups is 1. The van der Waals surface area contributed by atoms with Crippen molar-refractivity contribution in [3.8, 4) is 0 Å². The van der Waals surface area contributed by atoms with Gasteiger partial charge in [0.1, 0.15) is 0 Å². The number of carboxylic acid groups (broad SMARTS) is 1. The Bertz CT molecular complexity index is 844. The number of carbonyl (C=O) groups is 3.